The maximum absolute atomic E-state index is 10.9. The Kier molecular flexibility index (Phi) is 2.57. The van der Waals surface area contributed by atoms with E-state index in [0.29, 0.717) is 0 Å². The van der Waals surface area contributed by atoms with E-state index in [0.717, 1.165) is 10.8 Å². The average Bonchev–Trinajstić information content (AvgIpc) is 2.24. The third kappa shape index (κ3) is 1.74. The number of nitrogens with two attached hydrogens (primary N) is 1. The standard InChI is InChI=1S/C6H7ClN2O4S/c1-9-2-3(14(8,12)13)4(7)5(9)6(10)11/h2H,1H3,(H,10,11)(H2,8,12,13). The summed E-state index contributed by atoms with van der Waals surface area (Å²) >= 11 is 5.55. The Hall–Kier alpha value is -1.05. The van der Waals surface area contributed by atoms with Gasteiger partial charge in [0.15, 0.2) is 0 Å². The lowest BCUT2D eigenvalue weighted by atomic mass is 10.4. The smallest absolute Gasteiger partial charge is 0.354 e. The number of carboxylic acids is 1. The molecular weight excluding hydrogens is 232 g/mol. The van der Waals surface area contributed by atoms with Crippen LogP contribution in [0.5, 0.6) is 0 Å². The van der Waals surface area contributed by atoms with Gasteiger partial charge in [0.1, 0.15) is 10.6 Å². The summed E-state index contributed by atoms with van der Waals surface area (Å²) < 4.78 is 22.9. The fourth-order valence-corrected chi connectivity index (χ4v) is 2.25. The van der Waals surface area contributed by atoms with Gasteiger partial charge in [-0.3, -0.25) is 0 Å². The number of hydrogen-bond acceptors (Lipinski definition) is 3. The van der Waals surface area contributed by atoms with E-state index in [4.69, 9.17) is 21.8 Å². The number of aryl methyl sites for hydroxylation is 1. The maximum atomic E-state index is 10.9. The van der Waals surface area contributed by atoms with Gasteiger partial charge in [0, 0.05) is 13.2 Å². The Morgan fingerprint density at radius 1 is 1.64 bits per heavy atom. The molecule has 0 amide bonds. The quantitative estimate of drug-likeness (QED) is 0.758. The monoisotopic (exact) mass is 238 g/mol. The van der Waals surface area contributed by atoms with Crippen LogP contribution < -0.4 is 5.14 Å². The van der Waals surface area contributed by atoms with Crippen LogP contribution in [0.25, 0.3) is 0 Å². The summed E-state index contributed by atoms with van der Waals surface area (Å²) in [5.41, 5.74) is -0.310. The van der Waals surface area contributed by atoms with E-state index in [-0.39, 0.29) is 15.6 Å². The molecule has 1 aromatic rings. The number of sulfonamides is 1. The van der Waals surface area contributed by atoms with Crippen molar-refractivity contribution in [1.82, 2.24) is 4.57 Å². The maximum Gasteiger partial charge on any atom is 0.354 e. The Morgan fingerprint density at radius 2 is 2.14 bits per heavy atom. The van der Waals surface area contributed by atoms with Crippen LogP contribution in [0, 0.1) is 0 Å². The van der Waals surface area contributed by atoms with E-state index < -0.39 is 16.0 Å². The minimum atomic E-state index is -3.98. The number of carboxylic acid groups (broad SMARTS) is 1. The molecule has 0 aliphatic carbocycles. The summed E-state index contributed by atoms with van der Waals surface area (Å²) in [6.45, 7) is 0. The summed E-state index contributed by atoms with van der Waals surface area (Å²) in [6, 6.07) is 0. The Morgan fingerprint density at radius 3 is 2.36 bits per heavy atom. The van der Waals surface area contributed by atoms with Crippen molar-refractivity contribution in [1.29, 1.82) is 0 Å². The first-order valence-electron chi connectivity index (χ1n) is 3.36. The van der Waals surface area contributed by atoms with Gasteiger partial charge in [-0.1, -0.05) is 11.6 Å². The number of primary sulfonamides is 1. The van der Waals surface area contributed by atoms with Crippen LogP contribution in [0.3, 0.4) is 0 Å². The highest BCUT2D eigenvalue weighted by molar-refractivity contribution is 7.89. The topological polar surface area (TPSA) is 102 Å². The van der Waals surface area contributed by atoms with Crippen LogP contribution in [0.15, 0.2) is 11.1 Å². The molecule has 0 aromatic carbocycles. The van der Waals surface area contributed by atoms with E-state index in [2.05, 4.69) is 0 Å². The molecule has 14 heavy (non-hydrogen) atoms. The number of aromatic carboxylic acids is 1. The molecule has 0 spiro atoms. The van der Waals surface area contributed by atoms with Crippen molar-refractivity contribution in [3.63, 3.8) is 0 Å². The van der Waals surface area contributed by atoms with Crippen molar-refractivity contribution < 1.29 is 18.3 Å². The lowest BCUT2D eigenvalue weighted by molar-refractivity contribution is 0.0687. The van der Waals surface area contributed by atoms with Crippen molar-refractivity contribution in [2.24, 2.45) is 12.2 Å². The second-order valence-electron chi connectivity index (χ2n) is 2.62. The average molecular weight is 239 g/mol. The Bertz CT molecular complexity index is 490. The first kappa shape index (κ1) is 11.0. The molecule has 0 bridgehead atoms. The zero-order valence-electron chi connectivity index (χ0n) is 7.06. The van der Waals surface area contributed by atoms with E-state index >= 15 is 0 Å². The van der Waals surface area contributed by atoms with Crippen molar-refractivity contribution in [3.05, 3.63) is 16.9 Å². The summed E-state index contributed by atoms with van der Waals surface area (Å²) in [5, 5.41) is 13.1. The van der Waals surface area contributed by atoms with Crippen LogP contribution in [0.1, 0.15) is 10.5 Å². The molecule has 0 saturated carbocycles. The summed E-state index contributed by atoms with van der Waals surface area (Å²) in [5.74, 6) is -1.31. The minimum Gasteiger partial charge on any atom is -0.477 e. The van der Waals surface area contributed by atoms with Gasteiger partial charge in [-0.25, -0.2) is 18.4 Å². The van der Waals surface area contributed by atoms with Crippen LogP contribution in [0.4, 0.5) is 0 Å². The first-order valence-corrected chi connectivity index (χ1v) is 5.28. The molecule has 0 unspecified atom stereocenters. The van der Waals surface area contributed by atoms with Crippen LogP contribution in [0.2, 0.25) is 5.02 Å². The fraction of sp³-hybridized carbons (Fsp3) is 0.167. The molecule has 78 valence electrons. The lowest BCUT2D eigenvalue weighted by Crippen LogP contribution is -2.11. The van der Waals surface area contributed by atoms with Crippen molar-refractivity contribution in [3.8, 4) is 0 Å². The van der Waals surface area contributed by atoms with Gasteiger partial charge >= 0.3 is 5.97 Å². The highest BCUT2D eigenvalue weighted by atomic mass is 35.5. The second kappa shape index (κ2) is 3.26. The molecule has 3 N–H and O–H groups in total. The first-order chi connectivity index (χ1) is 6.25. The van der Waals surface area contributed by atoms with Gasteiger partial charge in [0.25, 0.3) is 0 Å². The molecule has 0 fully saturated rings. The second-order valence-corrected chi connectivity index (χ2v) is 4.52. The van der Waals surface area contributed by atoms with Crippen LogP contribution in [-0.2, 0) is 17.1 Å². The van der Waals surface area contributed by atoms with Gasteiger partial charge in [-0.2, -0.15) is 0 Å². The lowest BCUT2D eigenvalue weighted by Gasteiger charge is -1.95. The van der Waals surface area contributed by atoms with E-state index in [1.54, 1.807) is 0 Å². The van der Waals surface area contributed by atoms with Crippen LogP contribution in [-0.4, -0.2) is 24.1 Å². The Balaban J connectivity index is 3.55. The van der Waals surface area contributed by atoms with Gasteiger partial charge in [-0.05, 0) is 0 Å². The molecule has 0 atom stereocenters. The van der Waals surface area contributed by atoms with Crippen molar-refractivity contribution in [2.75, 3.05) is 0 Å². The fourth-order valence-electron chi connectivity index (χ4n) is 1.01. The minimum absolute atomic E-state index is 0.310. The van der Waals surface area contributed by atoms with Gasteiger partial charge in [0.2, 0.25) is 10.0 Å². The number of carbonyl (C=O) groups is 1. The molecule has 0 radical (unpaired) electrons. The summed E-state index contributed by atoms with van der Waals surface area (Å²) in [7, 11) is -2.62. The molecule has 1 aromatic heterocycles. The van der Waals surface area contributed by atoms with Crippen molar-refractivity contribution in [2.45, 2.75) is 4.90 Å². The van der Waals surface area contributed by atoms with Gasteiger partial charge in [-0.15, -0.1) is 0 Å². The van der Waals surface area contributed by atoms with E-state index in [9.17, 15) is 13.2 Å². The number of hydrogen-bond donors (Lipinski definition) is 2. The summed E-state index contributed by atoms with van der Waals surface area (Å²) in [4.78, 5) is 10.3. The van der Waals surface area contributed by atoms with Gasteiger partial charge in [0.05, 0.1) is 5.02 Å². The van der Waals surface area contributed by atoms with Crippen LogP contribution >= 0.6 is 11.6 Å². The zero-order valence-corrected chi connectivity index (χ0v) is 8.63. The molecule has 0 aliphatic heterocycles. The zero-order chi connectivity index (χ0) is 11.1. The Labute approximate surface area is 84.9 Å². The molecule has 8 heteroatoms. The molecule has 1 rings (SSSR count). The highest BCUT2D eigenvalue weighted by Crippen LogP contribution is 2.25. The number of rotatable bonds is 2. The molecule has 0 saturated heterocycles. The van der Waals surface area contributed by atoms with E-state index in [1.165, 1.54) is 7.05 Å². The highest BCUT2D eigenvalue weighted by Gasteiger charge is 2.23. The summed E-state index contributed by atoms with van der Waals surface area (Å²) in [6.07, 6.45) is 1.06. The predicted molar refractivity (Wildman–Crippen MR) is 48.8 cm³/mol. The third-order valence-corrected chi connectivity index (χ3v) is 3.01. The molecule has 1 heterocycles. The predicted octanol–water partition coefficient (Wildman–Crippen LogP) is 0.0241. The third-order valence-electron chi connectivity index (χ3n) is 1.60. The van der Waals surface area contributed by atoms with Crippen molar-refractivity contribution >= 4 is 27.6 Å². The largest absolute Gasteiger partial charge is 0.477 e. The molecule has 6 nitrogen and oxygen atoms in total. The van der Waals surface area contributed by atoms with Gasteiger partial charge < -0.3 is 9.67 Å². The molecule has 0 aliphatic rings. The number of aromatic nitrogens is 1. The SMILES string of the molecule is Cn1cc(S(N)(=O)=O)c(Cl)c1C(=O)O. The molecular formula is C6H7ClN2O4S. The number of nitrogens with zero attached hydrogens (tertiary/aromatic N) is 1. The van der Waals surface area contributed by atoms with E-state index in [1.807, 2.05) is 0 Å². The number of halogens is 1. The normalized spacial score (nSPS) is 11.6.